The van der Waals surface area contributed by atoms with Gasteiger partial charge in [0.25, 0.3) is 11.4 Å². The summed E-state index contributed by atoms with van der Waals surface area (Å²) in [5.41, 5.74) is 1.76. The van der Waals surface area contributed by atoms with Gasteiger partial charge in [-0.2, -0.15) is 4.98 Å². The number of nitrogens with zero attached hydrogens (tertiary/aromatic N) is 5. The Labute approximate surface area is 170 Å². The highest BCUT2D eigenvalue weighted by Gasteiger charge is 2.23. The Kier molecular flexibility index (Phi) is 5.35. The quantitative estimate of drug-likeness (QED) is 0.456. The normalized spacial score (nSPS) is 12.8. The van der Waals surface area contributed by atoms with Crippen molar-refractivity contribution in [3.8, 4) is 11.6 Å². The molecule has 0 fully saturated rings. The van der Waals surface area contributed by atoms with Gasteiger partial charge in [0.1, 0.15) is 11.8 Å². The van der Waals surface area contributed by atoms with E-state index in [0.29, 0.717) is 47.3 Å². The van der Waals surface area contributed by atoms with Crippen LogP contribution < -0.4 is 5.56 Å². The van der Waals surface area contributed by atoms with E-state index in [1.54, 1.807) is 35.6 Å². The number of rotatable bonds is 7. The summed E-state index contributed by atoms with van der Waals surface area (Å²) in [6.45, 7) is 3.09. The van der Waals surface area contributed by atoms with Crippen LogP contribution >= 0.6 is 11.6 Å². The molecule has 0 bridgehead atoms. The van der Waals surface area contributed by atoms with Crippen LogP contribution in [-0.4, -0.2) is 51.5 Å². The van der Waals surface area contributed by atoms with Gasteiger partial charge < -0.3 is 18.6 Å². The molecule has 4 aromatic rings. The van der Waals surface area contributed by atoms with Crippen molar-refractivity contribution in [3.63, 3.8) is 0 Å². The molecule has 1 atom stereocenters. The van der Waals surface area contributed by atoms with Crippen LogP contribution in [0.4, 0.5) is 0 Å². The fraction of sp³-hybridized carbons (Fsp3) is 0.368. The number of ether oxygens (including phenoxy) is 2. The Hall–Kier alpha value is -2.75. The van der Waals surface area contributed by atoms with Gasteiger partial charge in [-0.25, -0.2) is 4.98 Å². The summed E-state index contributed by atoms with van der Waals surface area (Å²) in [7, 11) is 3.19. The molecule has 10 heteroatoms. The molecule has 152 valence electrons. The molecule has 4 rings (SSSR count). The van der Waals surface area contributed by atoms with E-state index in [2.05, 4.69) is 15.1 Å². The van der Waals surface area contributed by atoms with E-state index in [9.17, 15) is 4.79 Å². The Morgan fingerprint density at radius 3 is 2.83 bits per heavy atom. The maximum absolute atomic E-state index is 13.4. The highest BCUT2D eigenvalue weighted by atomic mass is 35.5. The summed E-state index contributed by atoms with van der Waals surface area (Å²) < 4.78 is 19.0. The second-order valence-electron chi connectivity index (χ2n) is 6.68. The molecule has 3 heterocycles. The maximum Gasteiger partial charge on any atom is 0.278 e. The third-order valence-corrected chi connectivity index (χ3v) is 5.04. The number of fused-ring (bicyclic) bond motifs is 3. The van der Waals surface area contributed by atoms with Crippen LogP contribution in [0.2, 0.25) is 5.02 Å². The first-order valence-electron chi connectivity index (χ1n) is 9.06. The average molecular weight is 418 g/mol. The Morgan fingerprint density at radius 2 is 2.07 bits per heavy atom. The average Bonchev–Trinajstić information content (AvgIpc) is 3.36. The van der Waals surface area contributed by atoms with Crippen LogP contribution in [0.3, 0.4) is 0 Å². The van der Waals surface area contributed by atoms with Gasteiger partial charge in [0.15, 0.2) is 11.5 Å². The van der Waals surface area contributed by atoms with Gasteiger partial charge in [-0.15, -0.1) is 0 Å². The molecule has 9 nitrogen and oxygen atoms in total. The zero-order chi connectivity index (χ0) is 20.5. The molecular weight excluding hydrogens is 398 g/mol. The number of para-hydroxylation sites is 1. The van der Waals surface area contributed by atoms with Gasteiger partial charge in [-0.05, 0) is 12.1 Å². The van der Waals surface area contributed by atoms with Crippen LogP contribution in [0.15, 0.2) is 33.8 Å². The van der Waals surface area contributed by atoms with E-state index < -0.39 is 0 Å². The van der Waals surface area contributed by atoms with E-state index in [0.717, 1.165) is 5.52 Å². The molecule has 3 aromatic heterocycles. The zero-order valence-corrected chi connectivity index (χ0v) is 17.0. The summed E-state index contributed by atoms with van der Waals surface area (Å²) in [6, 6.07) is 5.45. The van der Waals surface area contributed by atoms with Crippen molar-refractivity contribution in [1.82, 2.24) is 24.1 Å². The van der Waals surface area contributed by atoms with Gasteiger partial charge in [0.05, 0.1) is 29.3 Å². The molecule has 1 unspecified atom stereocenters. The summed E-state index contributed by atoms with van der Waals surface area (Å²) >= 11 is 6.42. The molecular formula is C19H20ClN5O4. The third-order valence-electron chi connectivity index (χ3n) is 4.73. The number of methoxy groups -OCH3 is 2. The van der Waals surface area contributed by atoms with E-state index in [4.69, 9.17) is 25.6 Å². The van der Waals surface area contributed by atoms with Gasteiger partial charge in [0, 0.05) is 26.7 Å². The second kappa shape index (κ2) is 7.94. The molecule has 0 saturated carbocycles. The lowest BCUT2D eigenvalue weighted by molar-refractivity contribution is 0.180. The second-order valence-corrected chi connectivity index (χ2v) is 7.09. The van der Waals surface area contributed by atoms with Gasteiger partial charge in [0.2, 0.25) is 0 Å². The summed E-state index contributed by atoms with van der Waals surface area (Å²) in [5.74, 6) is 0.623. The van der Waals surface area contributed by atoms with Crippen LogP contribution in [0, 0.1) is 0 Å². The minimum atomic E-state index is -0.264. The maximum atomic E-state index is 13.4. The number of aromatic nitrogens is 5. The first-order chi connectivity index (χ1) is 14.1. The molecule has 29 heavy (non-hydrogen) atoms. The molecule has 0 aliphatic carbocycles. The van der Waals surface area contributed by atoms with Crippen LogP contribution in [-0.2, 0) is 16.0 Å². The Bertz CT molecular complexity index is 1230. The van der Waals surface area contributed by atoms with Crippen LogP contribution in [0.1, 0.15) is 18.7 Å². The van der Waals surface area contributed by atoms with Crippen LogP contribution in [0.5, 0.6) is 0 Å². The van der Waals surface area contributed by atoms with E-state index >= 15 is 0 Å². The largest absolute Gasteiger partial charge is 0.384 e. The zero-order valence-electron chi connectivity index (χ0n) is 16.3. The monoisotopic (exact) mass is 417 g/mol. The minimum Gasteiger partial charge on any atom is -0.384 e. The summed E-state index contributed by atoms with van der Waals surface area (Å²) in [6.07, 6.45) is 1.56. The topological polar surface area (TPSA) is 96.7 Å². The fourth-order valence-corrected chi connectivity index (χ4v) is 3.61. The van der Waals surface area contributed by atoms with Crippen molar-refractivity contribution in [1.29, 1.82) is 0 Å². The molecule has 0 aliphatic rings. The highest BCUT2D eigenvalue weighted by molar-refractivity contribution is 6.35. The van der Waals surface area contributed by atoms with Crippen molar-refractivity contribution in [2.75, 3.05) is 27.4 Å². The van der Waals surface area contributed by atoms with E-state index in [1.807, 2.05) is 19.1 Å². The Balaban J connectivity index is 1.96. The number of hydrogen-bond donors (Lipinski definition) is 0. The predicted octanol–water partition coefficient (Wildman–Crippen LogP) is 2.75. The molecule has 0 spiro atoms. The third kappa shape index (κ3) is 3.31. The molecule has 0 amide bonds. The van der Waals surface area contributed by atoms with Gasteiger partial charge in [-0.3, -0.25) is 9.20 Å². The number of hydrogen-bond acceptors (Lipinski definition) is 7. The Morgan fingerprint density at radius 1 is 1.24 bits per heavy atom. The van der Waals surface area contributed by atoms with Crippen molar-refractivity contribution in [3.05, 3.63) is 45.7 Å². The van der Waals surface area contributed by atoms with Crippen molar-refractivity contribution >= 4 is 28.2 Å². The number of halogens is 1. The predicted molar refractivity (Wildman–Crippen MR) is 107 cm³/mol. The number of imidazole rings is 1. The molecule has 1 aromatic carbocycles. The van der Waals surface area contributed by atoms with Gasteiger partial charge in [-0.1, -0.05) is 29.7 Å². The molecule has 0 N–H and O–H groups in total. The smallest absolute Gasteiger partial charge is 0.278 e. The van der Waals surface area contributed by atoms with E-state index in [1.165, 1.54) is 0 Å². The first kappa shape index (κ1) is 19.6. The lowest BCUT2D eigenvalue weighted by Gasteiger charge is -2.13. The standard InChI is InChI=1S/C19H20ClN5O4/c1-11(9-28-3)17-22-18(29-23-17)14-16-19(26)24(7-8-27-2)15-12(20)5-4-6-13(15)25(16)10-21-14/h4-6,10-11H,7-9H2,1-3H3. The molecule has 0 radical (unpaired) electrons. The lowest BCUT2D eigenvalue weighted by Crippen LogP contribution is -2.25. The van der Waals surface area contributed by atoms with E-state index in [-0.39, 0.29) is 17.4 Å². The van der Waals surface area contributed by atoms with Gasteiger partial charge >= 0.3 is 0 Å². The summed E-state index contributed by atoms with van der Waals surface area (Å²) in [4.78, 5) is 22.2. The lowest BCUT2D eigenvalue weighted by atomic mass is 10.2. The SMILES string of the molecule is COCCn1c(=O)c2c(-c3nc(C(C)COC)no3)ncn2c2cccc(Cl)c21. The highest BCUT2D eigenvalue weighted by Crippen LogP contribution is 2.27. The minimum absolute atomic E-state index is 0.0515. The fourth-order valence-electron chi connectivity index (χ4n) is 3.34. The van der Waals surface area contributed by atoms with Crippen molar-refractivity contribution in [2.24, 2.45) is 0 Å². The van der Waals surface area contributed by atoms with Crippen molar-refractivity contribution < 1.29 is 14.0 Å². The summed E-state index contributed by atoms with van der Waals surface area (Å²) in [5, 5.41) is 4.48. The van der Waals surface area contributed by atoms with Crippen molar-refractivity contribution in [2.45, 2.75) is 19.4 Å². The molecule has 0 saturated heterocycles. The van der Waals surface area contributed by atoms with Crippen LogP contribution in [0.25, 0.3) is 28.1 Å². The number of benzene rings is 1. The molecule has 0 aliphatic heterocycles. The first-order valence-corrected chi connectivity index (χ1v) is 9.44.